The third kappa shape index (κ3) is 5.30. The molecular formula is C28H29N6O4+. The quantitative estimate of drug-likeness (QED) is 0.0897. The van der Waals surface area contributed by atoms with E-state index in [1.165, 1.54) is 12.1 Å². The van der Waals surface area contributed by atoms with Crippen LogP contribution in [0.5, 0.6) is 0 Å². The molecule has 0 unspecified atom stereocenters. The van der Waals surface area contributed by atoms with E-state index >= 15 is 0 Å². The molecule has 1 aliphatic carbocycles. The van der Waals surface area contributed by atoms with Crippen LogP contribution in [-0.4, -0.2) is 58.3 Å². The Balaban J connectivity index is 1.96. The van der Waals surface area contributed by atoms with Crippen LogP contribution in [0.4, 0.5) is 5.69 Å². The van der Waals surface area contributed by atoms with Gasteiger partial charge in [0.05, 0.1) is 11.6 Å². The normalized spacial score (nSPS) is 10.7. The van der Waals surface area contributed by atoms with Crippen LogP contribution in [0.2, 0.25) is 0 Å². The van der Waals surface area contributed by atoms with Gasteiger partial charge in [-0.05, 0) is 53.9 Å². The summed E-state index contributed by atoms with van der Waals surface area (Å²) in [5.74, 6) is -0.847. The lowest BCUT2D eigenvalue weighted by Gasteiger charge is -2.19. The summed E-state index contributed by atoms with van der Waals surface area (Å²) in [6, 6.07) is 16.1. The fourth-order valence-electron chi connectivity index (χ4n) is 4.29. The molecule has 1 heterocycles. The van der Waals surface area contributed by atoms with Crippen molar-refractivity contribution in [1.29, 1.82) is 0 Å². The molecule has 0 atom stereocenters. The van der Waals surface area contributed by atoms with Gasteiger partial charge in [0, 0.05) is 72.0 Å². The summed E-state index contributed by atoms with van der Waals surface area (Å²) in [7, 11) is 7.74. The van der Waals surface area contributed by atoms with Crippen molar-refractivity contribution in [2.75, 3.05) is 46.2 Å². The largest absolute Gasteiger partial charge is 0.478 e. The maximum absolute atomic E-state index is 12.9. The maximum Gasteiger partial charge on any atom is 0.336 e. The highest BCUT2D eigenvalue weighted by Gasteiger charge is 2.23. The highest BCUT2D eigenvalue weighted by molar-refractivity contribution is 6.09. The fraction of sp³-hybridized carbons (Fsp3) is 0.250. The average Bonchev–Trinajstić information content (AvgIpc) is 2.90. The van der Waals surface area contributed by atoms with Crippen molar-refractivity contribution < 1.29 is 19.1 Å². The van der Waals surface area contributed by atoms with Gasteiger partial charge in [-0.1, -0.05) is 5.11 Å². The highest BCUT2D eigenvalue weighted by Crippen LogP contribution is 2.42. The zero-order valence-electron chi connectivity index (χ0n) is 21.7. The van der Waals surface area contributed by atoms with E-state index in [9.17, 15) is 14.7 Å². The van der Waals surface area contributed by atoms with Gasteiger partial charge in [0.25, 0.3) is 5.91 Å². The number of hydrogen-bond donors (Lipinski definition) is 2. The minimum Gasteiger partial charge on any atom is -0.478 e. The summed E-state index contributed by atoms with van der Waals surface area (Å²) < 4.78 is 8.30. The van der Waals surface area contributed by atoms with Gasteiger partial charge in [-0.15, -0.1) is 0 Å². The van der Waals surface area contributed by atoms with Crippen LogP contribution in [0.1, 0.15) is 27.1 Å². The van der Waals surface area contributed by atoms with Gasteiger partial charge in [0.15, 0.2) is 0 Å². The average molecular weight is 514 g/mol. The van der Waals surface area contributed by atoms with Gasteiger partial charge >= 0.3 is 5.97 Å². The second-order valence-corrected chi connectivity index (χ2v) is 9.26. The zero-order chi connectivity index (χ0) is 27.4. The Morgan fingerprint density at radius 2 is 1.87 bits per heavy atom. The topological polar surface area (TPSA) is 135 Å². The number of carbonyl (C=O) groups excluding carboxylic acids is 1. The van der Waals surface area contributed by atoms with Gasteiger partial charge < -0.3 is 19.7 Å². The molecule has 0 spiro atoms. The Morgan fingerprint density at radius 3 is 2.55 bits per heavy atom. The van der Waals surface area contributed by atoms with Gasteiger partial charge in [-0.25, -0.2) is 9.37 Å². The van der Waals surface area contributed by atoms with Crippen LogP contribution in [0, 0.1) is 0 Å². The molecular weight excluding hydrogens is 484 g/mol. The molecule has 0 bridgehead atoms. The molecule has 1 amide bonds. The van der Waals surface area contributed by atoms with Crippen LogP contribution in [0.15, 0.2) is 64.1 Å². The van der Waals surface area contributed by atoms with Crippen molar-refractivity contribution in [3.8, 4) is 22.5 Å². The summed E-state index contributed by atoms with van der Waals surface area (Å²) in [5.41, 5.74) is 12.2. The molecule has 2 aliphatic rings. The second-order valence-electron chi connectivity index (χ2n) is 9.26. The van der Waals surface area contributed by atoms with Crippen LogP contribution in [0.25, 0.3) is 43.9 Å². The number of benzene rings is 3. The molecule has 2 N–H and O–H groups in total. The molecule has 0 aromatic heterocycles. The first-order valence-corrected chi connectivity index (χ1v) is 12.1. The van der Waals surface area contributed by atoms with Crippen molar-refractivity contribution >= 4 is 28.5 Å². The van der Waals surface area contributed by atoms with Gasteiger partial charge in [-0.3, -0.25) is 4.79 Å². The first-order chi connectivity index (χ1) is 18.2. The number of aromatic carboxylic acids is 1. The lowest BCUT2D eigenvalue weighted by atomic mass is 9.89. The highest BCUT2D eigenvalue weighted by atomic mass is 16.4. The van der Waals surface area contributed by atoms with E-state index < -0.39 is 5.97 Å². The summed E-state index contributed by atoms with van der Waals surface area (Å²) in [5, 5.41) is 18.0. The number of hydrogen-bond acceptors (Lipinski definition) is 5. The number of carbonyl (C=O) groups is 2. The summed E-state index contributed by atoms with van der Waals surface area (Å²) in [4.78, 5) is 29.9. The summed E-state index contributed by atoms with van der Waals surface area (Å²) >= 11 is 0. The van der Waals surface area contributed by atoms with E-state index in [1.807, 2.05) is 74.1 Å². The molecule has 1 aliphatic heterocycles. The minimum atomic E-state index is -1.10. The molecule has 2 aromatic carbocycles. The van der Waals surface area contributed by atoms with E-state index in [0.29, 0.717) is 41.0 Å². The van der Waals surface area contributed by atoms with Gasteiger partial charge in [0.1, 0.15) is 25.4 Å². The van der Waals surface area contributed by atoms with Gasteiger partial charge in [0.2, 0.25) is 5.36 Å². The van der Waals surface area contributed by atoms with Crippen molar-refractivity contribution in [3.63, 3.8) is 0 Å². The Labute approximate surface area is 219 Å². The number of azide groups is 1. The molecule has 38 heavy (non-hydrogen) atoms. The Morgan fingerprint density at radius 1 is 1.08 bits per heavy atom. The standard InChI is InChI=1S/C28H28N6O4/c1-33(2)18-7-10-21-24(15-18)38-25-16-19(34(3)4)8-11-22(25)26(21)23-14-17(6-9-20(23)28(36)37)27(35)30-12-5-13-31-32-29/h6-11,14-16H,5,12-13H2,1-4H3,(H-,30,35,36,37)/p+1. The lowest BCUT2D eigenvalue weighted by molar-refractivity contribution is 0.0697. The summed E-state index contributed by atoms with van der Waals surface area (Å²) in [6.07, 6.45) is 0.494. The molecule has 0 radical (unpaired) electrons. The van der Waals surface area contributed by atoms with E-state index in [2.05, 4.69) is 15.3 Å². The fourth-order valence-corrected chi connectivity index (χ4v) is 4.29. The smallest absolute Gasteiger partial charge is 0.336 e. The Bertz CT molecular complexity index is 1630. The third-order valence-corrected chi connectivity index (χ3v) is 6.29. The number of nitrogens with zero attached hydrogens (tertiary/aromatic N) is 5. The maximum atomic E-state index is 12.9. The van der Waals surface area contributed by atoms with Crippen molar-refractivity contribution in [2.24, 2.45) is 5.11 Å². The molecule has 194 valence electrons. The van der Waals surface area contributed by atoms with Crippen molar-refractivity contribution in [3.05, 3.63) is 81.5 Å². The lowest BCUT2D eigenvalue weighted by Crippen LogP contribution is -2.25. The first-order valence-electron chi connectivity index (χ1n) is 12.1. The molecule has 10 nitrogen and oxygen atoms in total. The summed E-state index contributed by atoms with van der Waals surface area (Å²) in [6.45, 7) is 0.597. The number of rotatable bonds is 8. The predicted molar refractivity (Wildman–Crippen MR) is 148 cm³/mol. The van der Waals surface area contributed by atoms with Crippen molar-refractivity contribution in [1.82, 2.24) is 9.89 Å². The molecule has 0 saturated carbocycles. The van der Waals surface area contributed by atoms with E-state index in [-0.39, 0.29) is 18.0 Å². The van der Waals surface area contributed by atoms with Crippen molar-refractivity contribution in [2.45, 2.75) is 6.42 Å². The molecule has 4 rings (SSSR count). The predicted octanol–water partition coefficient (Wildman–Crippen LogP) is 4.43. The van der Waals surface area contributed by atoms with Gasteiger partial charge in [-0.2, -0.15) is 0 Å². The Hall–Kier alpha value is -4.82. The van der Waals surface area contributed by atoms with Crippen LogP contribution >= 0.6 is 0 Å². The SMILES string of the molecule is CN(C)c1ccc2c(-c3cc(C(=O)NCCCN=[N+]=[N-])ccc3C(=O)O)c3ccc(=[N+](C)C)cc-3oc2c1. The zero-order valence-corrected chi connectivity index (χ0v) is 21.7. The minimum absolute atomic E-state index is 0.0760. The molecule has 0 fully saturated rings. The number of anilines is 1. The van der Waals surface area contributed by atoms with Crippen LogP contribution in [0.3, 0.4) is 0 Å². The third-order valence-electron chi connectivity index (χ3n) is 6.29. The van der Waals surface area contributed by atoms with E-state index in [4.69, 9.17) is 9.95 Å². The number of fused-ring (bicyclic) bond motifs is 2. The molecule has 2 aromatic rings. The first kappa shape index (κ1) is 26.2. The Kier molecular flexibility index (Phi) is 7.64. The van der Waals surface area contributed by atoms with E-state index in [1.54, 1.807) is 6.07 Å². The number of carboxylic acids is 1. The molecule has 0 saturated heterocycles. The number of nitrogens with one attached hydrogen (secondary N) is 1. The van der Waals surface area contributed by atoms with Crippen LogP contribution < -0.4 is 20.1 Å². The number of carboxylic acid groups (broad SMARTS) is 1. The van der Waals surface area contributed by atoms with Crippen LogP contribution in [-0.2, 0) is 0 Å². The monoisotopic (exact) mass is 513 g/mol. The van der Waals surface area contributed by atoms with E-state index in [0.717, 1.165) is 22.0 Å². The molecule has 10 heteroatoms. The second kappa shape index (κ2) is 11.1. The number of amides is 1.